The first-order chi connectivity index (χ1) is 16.4. The zero-order valence-electron chi connectivity index (χ0n) is 18.5. The Morgan fingerprint density at radius 1 is 0.735 bits per heavy atom. The van der Waals surface area contributed by atoms with E-state index in [1.54, 1.807) is 36.4 Å². The molecule has 0 aliphatic carbocycles. The summed E-state index contributed by atoms with van der Waals surface area (Å²) in [5.74, 6) is 0.794. The monoisotopic (exact) mass is 472 g/mol. The Balaban J connectivity index is 1.49. The van der Waals surface area contributed by atoms with Crippen LogP contribution in [0.25, 0.3) is 0 Å². The first kappa shape index (κ1) is 23.1. The highest BCUT2D eigenvalue weighted by Gasteiger charge is 2.20. The van der Waals surface area contributed by atoms with E-state index < -0.39 is 10.0 Å². The van der Waals surface area contributed by atoms with Gasteiger partial charge in [-0.15, -0.1) is 0 Å². The Kier molecular flexibility index (Phi) is 6.94. The van der Waals surface area contributed by atoms with Crippen LogP contribution in [0.15, 0.2) is 114 Å². The van der Waals surface area contributed by atoms with E-state index in [9.17, 15) is 13.2 Å². The number of sulfonamides is 1. The van der Waals surface area contributed by atoms with Gasteiger partial charge in [-0.25, -0.2) is 8.42 Å². The Morgan fingerprint density at radius 3 is 1.97 bits per heavy atom. The molecule has 0 radical (unpaired) electrons. The van der Waals surface area contributed by atoms with E-state index in [0.29, 0.717) is 11.5 Å². The van der Waals surface area contributed by atoms with Crippen molar-refractivity contribution in [3.63, 3.8) is 0 Å². The summed E-state index contributed by atoms with van der Waals surface area (Å²) in [7, 11) is -3.93. The van der Waals surface area contributed by atoms with Gasteiger partial charge in [0.15, 0.2) is 0 Å². The lowest BCUT2D eigenvalue weighted by molar-refractivity contribution is 0.0941. The molecule has 34 heavy (non-hydrogen) atoms. The van der Waals surface area contributed by atoms with Gasteiger partial charge in [-0.1, -0.05) is 60.7 Å². The van der Waals surface area contributed by atoms with Crippen LogP contribution in [0.3, 0.4) is 0 Å². The third-order valence-electron chi connectivity index (χ3n) is 5.18. The van der Waals surface area contributed by atoms with Crippen LogP contribution in [-0.2, 0) is 10.0 Å². The number of anilines is 1. The molecule has 0 saturated carbocycles. The number of amides is 1. The fourth-order valence-electron chi connectivity index (χ4n) is 3.38. The smallest absolute Gasteiger partial charge is 0.261 e. The number of hydrogen-bond acceptors (Lipinski definition) is 4. The van der Waals surface area contributed by atoms with Crippen LogP contribution in [0.5, 0.6) is 11.5 Å². The SMILES string of the molecule is C[C@H](NC(=O)c1ccccc1NS(=O)(=O)c1ccc(Oc2ccccc2)cc1)c1ccccc1. The molecular weight excluding hydrogens is 448 g/mol. The highest BCUT2D eigenvalue weighted by molar-refractivity contribution is 7.92. The normalized spacial score (nSPS) is 11.9. The molecule has 0 bridgehead atoms. The van der Waals surface area contributed by atoms with E-state index in [0.717, 1.165) is 5.56 Å². The van der Waals surface area contributed by atoms with Crippen molar-refractivity contribution in [3.8, 4) is 11.5 Å². The van der Waals surface area contributed by atoms with Gasteiger partial charge < -0.3 is 10.1 Å². The molecule has 1 atom stereocenters. The van der Waals surface area contributed by atoms with E-state index in [4.69, 9.17) is 4.74 Å². The molecule has 1 amide bonds. The number of hydrogen-bond donors (Lipinski definition) is 2. The average molecular weight is 473 g/mol. The molecule has 4 aromatic carbocycles. The van der Waals surface area contributed by atoms with Gasteiger partial charge in [-0.2, -0.15) is 0 Å². The fourth-order valence-corrected chi connectivity index (χ4v) is 4.46. The predicted octanol–water partition coefficient (Wildman–Crippen LogP) is 5.77. The van der Waals surface area contributed by atoms with Gasteiger partial charge in [0.25, 0.3) is 15.9 Å². The maximum absolute atomic E-state index is 13.0. The number of carbonyl (C=O) groups is 1. The highest BCUT2D eigenvalue weighted by atomic mass is 32.2. The zero-order valence-corrected chi connectivity index (χ0v) is 19.3. The lowest BCUT2D eigenvalue weighted by Gasteiger charge is -2.17. The number of carbonyl (C=O) groups excluding carboxylic acids is 1. The van der Waals surface area contributed by atoms with E-state index >= 15 is 0 Å². The molecule has 7 heteroatoms. The van der Waals surface area contributed by atoms with Crippen LogP contribution < -0.4 is 14.8 Å². The van der Waals surface area contributed by atoms with Crippen molar-refractivity contribution < 1.29 is 17.9 Å². The summed E-state index contributed by atoms with van der Waals surface area (Å²) >= 11 is 0. The Labute approximate surface area is 199 Å². The molecule has 0 aliphatic rings. The summed E-state index contributed by atoms with van der Waals surface area (Å²) < 4.78 is 34.3. The second-order valence-electron chi connectivity index (χ2n) is 7.64. The van der Waals surface area contributed by atoms with Gasteiger partial charge in [0, 0.05) is 0 Å². The third-order valence-corrected chi connectivity index (χ3v) is 6.56. The Hall–Kier alpha value is -4.10. The molecule has 6 nitrogen and oxygen atoms in total. The first-order valence-corrected chi connectivity index (χ1v) is 12.2. The second-order valence-corrected chi connectivity index (χ2v) is 9.33. The van der Waals surface area contributed by atoms with Gasteiger partial charge in [0.1, 0.15) is 11.5 Å². The first-order valence-electron chi connectivity index (χ1n) is 10.7. The minimum absolute atomic E-state index is 0.0563. The summed E-state index contributed by atoms with van der Waals surface area (Å²) in [6.45, 7) is 1.87. The predicted molar refractivity (Wildman–Crippen MR) is 133 cm³/mol. The van der Waals surface area contributed by atoms with E-state index in [1.807, 2.05) is 67.6 Å². The van der Waals surface area contributed by atoms with Gasteiger partial charge in [-0.05, 0) is 61.0 Å². The topological polar surface area (TPSA) is 84.5 Å². The van der Waals surface area contributed by atoms with Gasteiger partial charge in [0.2, 0.25) is 0 Å². The van der Waals surface area contributed by atoms with Gasteiger partial charge in [-0.3, -0.25) is 9.52 Å². The summed E-state index contributed by atoms with van der Waals surface area (Å²) in [6.07, 6.45) is 0. The number of benzene rings is 4. The van der Waals surface area contributed by atoms with Crippen molar-refractivity contribution in [1.82, 2.24) is 5.32 Å². The molecule has 0 unspecified atom stereocenters. The van der Waals surface area contributed by atoms with Crippen LogP contribution in [0, 0.1) is 0 Å². The molecule has 0 aliphatic heterocycles. The number of rotatable bonds is 8. The lowest BCUT2D eigenvalue weighted by Crippen LogP contribution is -2.28. The lowest BCUT2D eigenvalue weighted by atomic mass is 10.1. The van der Waals surface area contributed by atoms with Crippen LogP contribution >= 0.6 is 0 Å². The summed E-state index contributed by atoms with van der Waals surface area (Å²) in [5.41, 5.74) is 1.38. The van der Waals surface area contributed by atoms with Crippen LogP contribution in [0.2, 0.25) is 0 Å². The van der Waals surface area contributed by atoms with Crippen molar-refractivity contribution in [2.75, 3.05) is 4.72 Å². The number of para-hydroxylation sites is 2. The zero-order chi connectivity index (χ0) is 24.0. The van der Waals surface area contributed by atoms with Gasteiger partial charge >= 0.3 is 0 Å². The molecule has 172 valence electrons. The maximum Gasteiger partial charge on any atom is 0.261 e. The molecule has 4 aromatic rings. The molecule has 0 fully saturated rings. The largest absolute Gasteiger partial charge is 0.457 e. The molecule has 0 heterocycles. The van der Waals surface area contributed by atoms with Crippen molar-refractivity contribution in [2.45, 2.75) is 17.9 Å². The second kappa shape index (κ2) is 10.2. The fraction of sp³-hybridized carbons (Fsp3) is 0.0741. The molecule has 0 spiro atoms. The number of nitrogens with one attached hydrogen (secondary N) is 2. The Bertz CT molecular complexity index is 1360. The van der Waals surface area contributed by atoms with Crippen LogP contribution in [-0.4, -0.2) is 14.3 Å². The molecule has 2 N–H and O–H groups in total. The average Bonchev–Trinajstić information content (AvgIpc) is 2.85. The van der Waals surface area contributed by atoms with Crippen molar-refractivity contribution in [2.24, 2.45) is 0 Å². The molecular formula is C27H24N2O4S. The highest BCUT2D eigenvalue weighted by Crippen LogP contribution is 2.25. The quantitative estimate of drug-likeness (QED) is 0.341. The summed E-state index contributed by atoms with van der Waals surface area (Å²) in [6, 6.07) is 31.1. The van der Waals surface area contributed by atoms with E-state index in [2.05, 4.69) is 10.0 Å². The molecule has 0 saturated heterocycles. The molecule has 4 rings (SSSR count). The third kappa shape index (κ3) is 5.63. The standard InChI is InChI=1S/C27H24N2O4S/c1-20(21-10-4-2-5-11-21)28-27(30)25-14-8-9-15-26(25)29-34(31,32)24-18-16-23(17-19-24)33-22-12-6-3-7-13-22/h2-20,29H,1H3,(H,28,30)/t20-/m0/s1. The Morgan fingerprint density at radius 2 is 1.29 bits per heavy atom. The number of ether oxygens (including phenoxy) is 1. The minimum Gasteiger partial charge on any atom is -0.457 e. The van der Waals surface area contributed by atoms with Crippen LogP contribution in [0.1, 0.15) is 28.9 Å². The van der Waals surface area contributed by atoms with Crippen molar-refractivity contribution in [1.29, 1.82) is 0 Å². The van der Waals surface area contributed by atoms with Crippen molar-refractivity contribution in [3.05, 3.63) is 120 Å². The molecule has 0 aromatic heterocycles. The maximum atomic E-state index is 13.0. The van der Waals surface area contributed by atoms with E-state index in [1.165, 1.54) is 12.1 Å². The van der Waals surface area contributed by atoms with Crippen molar-refractivity contribution >= 4 is 21.6 Å². The minimum atomic E-state index is -3.93. The van der Waals surface area contributed by atoms with Gasteiger partial charge in [0.05, 0.1) is 22.2 Å². The summed E-state index contributed by atoms with van der Waals surface area (Å²) in [4.78, 5) is 13.0. The van der Waals surface area contributed by atoms with Crippen LogP contribution in [0.4, 0.5) is 5.69 Å². The summed E-state index contributed by atoms with van der Waals surface area (Å²) in [5, 5.41) is 2.92. The van der Waals surface area contributed by atoms with E-state index in [-0.39, 0.29) is 28.1 Å².